The van der Waals surface area contributed by atoms with Crippen LogP contribution in [-0.4, -0.2) is 41.5 Å². The number of fused-ring (bicyclic) bond motifs is 1. The Labute approximate surface area is 224 Å². The molecule has 6 nitrogen and oxygen atoms in total. The zero-order valence-corrected chi connectivity index (χ0v) is 22.7. The van der Waals surface area contributed by atoms with Gasteiger partial charge in [-0.15, -0.1) is 0 Å². The third kappa shape index (κ3) is 6.65. The summed E-state index contributed by atoms with van der Waals surface area (Å²) >= 11 is 3.46. The smallest absolute Gasteiger partial charge is 0.162 e. The van der Waals surface area contributed by atoms with Gasteiger partial charge in [0.05, 0.1) is 34.5 Å². The molecule has 4 rings (SSSR count). The Bertz CT molecular complexity index is 1110. The minimum absolute atomic E-state index is 0. The third-order valence-electron chi connectivity index (χ3n) is 6.23. The Hall–Kier alpha value is -2.90. The number of hydrogen-bond donors (Lipinski definition) is 1. The lowest BCUT2D eigenvalue weighted by atomic mass is 10.1. The number of hydrogen-bond acceptors (Lipinski definition) is 6. The van der Waals surface area contributed by atoms with E-state index < -0.39 is 0 Å². The van der Waals surface area contributed by atoms with Crippen LogP contribution in [0.4, 0.5) is 5.69 Å². The van der Waals surface area contributed by atoms with E-state index in [1.54, 1.807) is 28.4 Å². The molecule has 2 N–H and O–H groups in total. The summed E-state index contributed by atoms with van der Waals surface area (Å²) in [4.78, 5) is 2.44. The van der Waals surface area contributed by atoms with Gasteiger partial charge in [0.15, 0.2) is 23.0 Å². The Morgan fingerprint density at radius 2 is 1.42 bits per heavy atom. The van der Waals surface area contributed by atoms with Crippen molar-refractivity contribution in [2.45, 2.75) is 33.2 Å². The number of benzene rings is 3. The zero-order valence-electron chi connectivity index (χ0n) is 21.1. The lowest BCUT2D eigenvalue weighted by Gasteiger charge is -2.28. The van der Waals surface area contributed by atoms with E-state index in [9.17, 15) is 0 Å². The van der Waals surface area contributed by atoms with Crippen LogP contribution in [-0.2, 0) is 12.8 Å². The van der Waals surface area contributed by atoms with Crippen molar-refractivity contribution in [2.24, 2.45) is 5.73 Å². The van der Waals surface area contributed by atoms with Gasteiger partial charge >= 0.3 is 0 Å². The summed E-state index contributed by atoms with van der Waals surface area (Å²) in [6.07, 6.45) is 1.87. The maximum atomic E-state index is 5.50. The van der Waals surface area contributed by atoms with Gasteiger partial charge < -0.3 is 29.6 Å². The summed E-state index contributed by atoms with van der Waals surface area (Å²) in [7, 11) is 6.61. The summed E-state index contributed by atoms with van der Waals surface area (Å²) in [6.45, 7) is 3.90. The van der Waals surface area contributed by atoms with Crippen LogP contribution in [0.25, 0.3) is 0 Å². The molecule has 0 spiro atoms. The van der Waals surface area contributed by atoms with Crippen molar-refractivity contribution in [3.05, 3.63) is 75.8 Å². The Balaban J connectivity index is 0.000000268. The van der Waals surface area contributed by atoms with Gasteiger partial charge in [-0.25, -0.2) is 0 Å². The first-order chi connectivity index (χ1) is 17.0. The molecule has 1 unspecified atom stereocenters. The van der Waals surface area contributed by atoms with Crippen LogP contribution in [0, 0.1) is 0 Å². The third-order valence-corrected chi connectivity index (χ3v) is 6.97. The van der Waals surface area contributed by atoms with E-state index in [1.807, 2.05) is 12.1 Å². The first kappa shape index (κ1) is 29.3. The highest BCUT2D eigenvalue weighted by atomic mass is 79.9. The molecule has 3 aromatic carbocycles. The molecule has 1 heterocycles. The van der Waals surface area contributed by atoms with E-state index in [2.05, 4.69) is 70.2 Å². The van der Waals surface area contributed by atoms with E-state index in [1.165, 1.54) is 16.8 Å². The van der Waals surface area contributed by atoms with Crippen molar-refractivity contribution in [3.8, 4) is 23.0 Å². The Kier molecular flexibility index (Phi) is 11.4. The summed E-state index contributed by atoms with van der Waals surface area (Å²) < 4.78 is 22.2. The molecule has 0 saturated heterocycles. The van der Waals surface area contributed by atoms with Crippen LogP contribution in [0.2, 0.25) is 0 Å². The molecule has 3 aromatic rings. The van der Waals surface area contributed by atoms with Crippen molar-refractivity contribution in [1.29, 1.82) is 0 Å². The number of ether oxygens (including phenoxy) is 4. The molecule has 0 aliphatic carbocycles. The molecule has 0 saturated carbocycles. The minimum Gasteiger partial charge on any atom is -0.493 e. The molecule has 1 atom stereocenters. The van der Waals surface area contributed by atoms with Gasteiger partial charge in [-0.05, 0) is 61.2 Å². The molecule has 196 valence electrons. The lowest BCUT2D eigenvalue weighted by Crippen LogP contribution is -2.24. The standard InChI is InChI=1S/C18H21NO2.C10H14BrNO2.CH4/c1-13(14-7-5-4-6-8-14)19-10-9-15-11-17(20-2)18(21-3)12-16(15)19;1-13-9-5-7(3-4-12)8(11)6-10(9)14-2;/h4-8,11-13H,9-10H2,1-3H3;5-6H,3-4,12H2,1-2H3;1H4. The highest BCUT2D eigenvalue weighted by Crippen LogP contribution is 2.41. The SMILES string of the molecule is C.COc1cc(Br)c(CCN)cc1OC.COc1cc2c(cc1OC)N(C(C)c1ccccc1)CC2. The molecule has 7 heteroatoms. The van der Waals surface area contributed by atoms with E-state index in [0.717, 1.165) is 52.4 Å². The molecule has 1 aliphatic rings. The van der Waals surface area contributed by atoms with E-state index >= 15 is 0 Å². The number of nitrogens with zero attached hydrogens (tertiary/aromatic N) is 1. The molecular weight excluding hydrogens is 520 g/mol. The van der Waals surface area contributed by atoms with Gasteiger partial charge in [0.2, 0.25) is 0 Å². The highest BCUT2D eigenvalue weighted by molar-refractivity contribution is 9.10. The van der Waals surface area contributed by atoms with Crippen LogP contribution in [0.3, 0.4) is 0 Å². The summed E-state index contributed by atoms with van der Waals surface area (Å²) in [5, 5.41) is 0. The fourth-order valence-electron chi connectivity index (χ4n) is 4.30. The number of methoxy groups -OCH3 is 4. The summed E-state index contributed by atoms with van der Waals surface area (Å²) in [5.74, 6) is 3.06. The van der Waals surface area contributed by atoms with E-state index in [-0.39, 0.29) is 7.43 Å². The first-order valence-corrected chi connectivity index (χ1v) is 12.4. The van der Waals surface area contributed by atoms with Crippen LogP contribution >= 0.6 is 15.9 Å². The van der Waals surface area contributed by atoms with Gasteiger partial charge in [0.25, 0.3) is 0 Å². The van der Waals surface area contributed by atoms with Gasteiger partial charge in [0, 0.05) is 22.8 Å². The molecular formula is C29H39BrN2O4. The zero-order chi connectivity index (χ0) is 25.4. The normalized spacial score (nSPS) is 12.5. The van der Waals surface area contributed by atoms with Gasteiger partial charge in [-0.1, -0.05) is 53.7 Å². The second-order valence-electron chi connectivity index (χ2n) is 8.20. The predicted molar refractivity (Wildman–Crippen MR) is 152 cm³/mol. The minimum atomic E-state index is 0. The molecule has 0 bridgehead atoms. The largest absolute Gasteiger partial charge is 0.493 e. The van der Waals surface area contributed by atoms with Crippen molar-refractivity contribution >= 4 is 21.6 Å². The Morgan fingerprint density at radius 3 is 2.00 bits per heavy atom. The average Bonchev–Trinajstić information content (AvgIpc) is 3.32. The quantitative estimate of drug-likeness (QED) is 0.343. The van der Waals surface area contributed by atoms with Crippen LogP contribution in [0.5, 0.6) is 23.0 Å². The van der Waals surface area contributed by atoms with Crippen LogP contribution in [0.15, 0.2) is 59.1 Å². The molecule has 0 amide bonds. The van der Waals surface area contributed by atoms with Gasteiger partial charge in [-0.2, -0.15) is 0 Å². The topological polar surface area (TPSA) is 66.2 Å². The second kappa shape index (κ2) is 14.0. The van der Waals surface area contributed by atoms with Gasteiger partial charge in [0.1, 0.15) is 0 Å². The lowest BCUT2D eigenvalue weighted by molar-refractivity contribution is 0.354. The molecule has 0 aromatic heterocycles. The van der Waals surface area contributed by atoms with E-state index in [0.29, 0.717) is 12.6 Å². The molecule has 0 radical (unpaired) electrons. The van der Waals surface area contributed by atoms with Crippen molar-refractivity contribution in [1.82, 2.24) is 0 Å². The summed E-state index contributed by atoms with van der Waals surface area (Å²) in [6, 6.07) is 19.0. The van der Waals surface area contributed by atoms with Crippen molar-refractivity contribution < 1.29 is 18.9 Å². The maximum Gasteiger partial charge on any atom is 0.162 e. The van der Waals surface area contributed by atoms with Crippen LogP contribution < -0.4 is 29.6 Å². The fraction of sp³-hybridized carbons (Fsp3) is 0.379. The van der Waals surface area contributed by atoms with Crippen LogP contribution in [0.1, 0.15) is 37.1 Å². The Morgan fingerprint density at radius 1 is 0.861 bits per heavy atom. The highest BCUT2D eigenvalue weighted by Gasteiger charge is 2.26. The number of anilines is 1. The number of nitrogens with two attached hydrogens (primary N) is 1. The van der Waals surface area contributed by atoms with Crippen molar-refractivity contribution in [3.63, 3.8) is 0 Å². The molecule has 1 aliphatic heterocycles. The fourth-order valence-corrected chi connectivity index (χ4v) is 4.82. The molecule has 0 fully saturated rings. The van der Waals surface area contributed by atoms with Gasteiger partial charge in [-0.3, -0.25) is 0 Å². The van der Waals surface area contributed by atoms with E-state index in [4.69, 9.17) is 24.7 Å². The predicted octanol–water partition coefficient (Wildman–Crippen LogP) is 6.43. The maximum absolute atomic E-state index is 5.50. The first-order valence-electron chi connectivity index (χ1n) is 11.6. The number of rotatable bonds is 8. The molecule has 36 heavy (non-hydrogen) atoms. The average molecular weight is 560 g/mol. The second-order valence-corrected chi connectivity index (χ2v) is 9.06. The van der Waals surface area contributed by atoms with Crippen molar-refractivity contribution in [2.75, 3.05) is 46.4 Å². The monoisotopic (exact) mass is 558 g/mol. The summed E-state index contributed by atoms with van der Waals surface area (Å²) in [5.41, 5.74) is 10.5. The number of halogens is 1.